The number of carbonyl (C=O) groups excluding carboxylic acids is 2. The monoisotopic (exact) mass is 567 g/mol. The third-order valence-electron chi connectivity index (χ3n) is 6.30. The zero-order chi connectivity index (χ0) is 28.3. The molecule has 0 atom stereocenters. The minimum absolute atomic E-state index is 0.0538. The highest BCUT2D eigenvalue weighted by Gasteiger charge is 2.42. The van der Waals surface area contributed by atoms with Crippen LogP contribution in [0.2, 0.25) is 0 Å². The number of nitrogens with zero attached hydrogens (tertiary/aromatic N) is 1. The largest absolute Gasteiger partial charge is 0.465 e. The minimum Gasteiger partial charge on any atom is -0.465 e. The lowest BCUT2D eigenvalue weighted by Crippen LogP contribution is -2.55. The van der Waals surface area contributed by atoms with Crippen LogP contribution in [0.1, 0.15) is 58.9 Å². The maximum absolute atomic E-state index is 13.2. The molecule has 0 saturated carbocycles. The molecule has 2 aromatic rings. The van der Waals surface area contributed by atoms with Gasteiger partial charge in [-0.1, -0.05) is 0 Å². The predicted molar refractivity (Wildman–Crippen MR) is 147 cm³/mol. The van der Waals surface area contributed by atoms with Crippen molar-refractivity contribution in [2.45, 2.75) is 50.1 Å². The summed E-state index contributed by atoms with van der Waals surface area (Å²) in [5, 5.41) is 6.86. The standard InChI is InChI=1S/C26H37N3O7S2/c1-25(2)16-19-20(24(31)36-7)23(37-21(19)26(3,4)28-25)27-22(30)17-8-10-18(11-9-17)38(32,33)29(12-14-34-5)13-15-35-6/h8-11,28H,12-16H2,1-7H3,(H,27,30). The van der Waals surface area contributed by atoms with E-state index in [0.29, 0.717) is 17.0 Å². The van der Waals surface area contributed by atoms with Gasteiger partial charge >= 0.3 is 5.97 Å². The summed E-state index contributed by atoms with van der Waals surface area (Å²) in [4.78, 5) is 27.0. The molecule has 0 fully saturated rings. The summed E-state index contributed by atoms with van der Waals surface area (Å²) >= 11 is 1.34. The average Bonchev–Trinajstić information content (AvgIpc) is 3.20. The Morgan fingerprint density at radius 1 is 1.03 bits per heavy atom. The van der Waals surface area contributed by atoms with E-state index in [9.17, 15) is 18.0 Å². The molecule has 0 spiro atoms. The summed E-state index contributed by atoms with van der Waals surface area (Å²) in [5.74, 6) is -0.974. The van der Waals surface area contributed by atoms with Gasteiger partial charge in [0.1, 0.15) is 5.00 Å². The van der Waals surface area contributed by atoms with Crippen molar-refractivity contribution >= 4 is 38.2 Å². The summed E-state index contributed by atoms with van der Waals surface area (Å²) in [6, 6.07) is 5.69. The highest BCUT2D eigenvalue weighted by Crippen LogP contribution is 2.45. The van der Waals surface area contributed by atoms with Crippen LogP contribution < -0.4 is 10.6 Å². The van der Waals surface area contributed by atoms with E-state index in [0.717, 1.165) is 10.4 Å². The van der Waals surface area contributed by atoms with Crippen LogP contribution in [0.15, 0.2) is 29.2 Å². The Kier molecular flexibility index (Phi) is 9.38. The third-order valence-corrected chi connectivity index (χ3v) is 9.69. The number of thiophene rings is 1. The van der Waals surface area contributed by atoms with Crippen LogP contribution in [0.4, 0.5) is 5.00 Å². The fraction of sp³-hybridized carbons (Fsp3) is 0.538. The number of fused-ring (bicyclic) bond motifs is 1. The molecule has 210 valence electrons. The Labute approximate surface area is 228 Å². The Bertz CT molecular complexity index is 1260. The van der Waals surface area contributed by atoms with Gasteiger partial charge in [-0.25, -0.2) is 13.2 Å². The van der Waals surface area contributed by atoms with Gasteiger partial charge in [0.25, 0.3) is 5.91 Å². The number of rotatable bonds is 11. The van der Waals surface area contributed by atoms with Crippen molar-refractivity contribution in [1.82, 2.24) is 9.62 Å². The van der Waals surface area contributed by atoms with Crippen molar-refractivity contribution < 1.29 is 32.2 Å². The number of ether oxygens (including phenoxy) is 3. The molecule has 0 unspecified atom stereocenters. The fourth-order valence-electron chi connectivity index (χ4n) is 4.77. The van der Waals surface area contributed by atoms with Gasteiger partial charge in [0, 0.05) is 48.8 Å². The lowest BCUT2D eigenvalue weighted by molar-refractivity contribution is 0.0600. The Morgan fingerprint density at radius 3 is 2.13 bits per heavy atom. The molecule has 0 saturated heterocycles. The molecule has 1 aliphatic heterocycles. The number of carbonyl (C=O) groups is 2. The van der Waals surface area contributed by atoms with Gasteiger partial charge in [-0.15, -0.1) is 11.3 Å². The molecule has 2 N–H and O–H groups in total. The zero-order valence-corrected chi connectivity index (χ0v) is 24.6. The van der Waals surface area contributed by atoms with E-state index in [1.165, 1.54) is 61.2 Å². The number of methoxy groups -OCH3 is 3. The SMILES string of the molecule is COCCN(CCOC)S(=O)(=O)c1ccc(C(=O)Nc2sc3c(c2C(=O)OC)CC(C)(C)NC3(C)C)cc1. The number of hydrogen-bond acceptors (Lipinski definition) is 9. The predicted octanol–water partition coefficient (Wildman–Crippen LogP) is 3.23. The quantitative estimate of drug-likeness (QED) is 0.397. The zero-order valence-electron chi connectivity index (χ0n) is 23.0. The molecule has 0 radical (unpaired) electrons. The molecule has 1 aromatic carbocycles. The second kappa shape index (κ2) is 11.8. The first-order valence-corrected chi connectivity index (χ1v) is 14.5. The molecule has 10 nitrogen and oxygen atoms in total. The maximum atomic E-state index is 13.2. The molecule has 3 rings (SSSR count). The number of nitrogens with one attached hydrogen (secondary N) is 2. The Hall–Kier alpha value is -2.35. The van der Waals surface area contributed by atoms with Gasteiger partial charge in [-0.3, -0.25) is 4.79 Å². The lowest BCUT2D eigenvalue weighted by Gasteiger charge is -2.42. The molecule has 0 bridgehead atoms. The lowest BCUT2D eigenvalue weighted by atomic mass is 9.81. The first-order valence-electron chi connectivity index (χ1n) is 12.2. The van der Waals surface area contributed by atoms with E-state index in [1.54, 1.807) is 0 Å². The van der Waals surface area contributed by atoms with Crippen molar-refractivity contribution in [3.8, 4) is 0 Å². The number of benzene rings is 1. The van der Waals surface area contributed by atoms with Crippen molar-refractivity contribution in [2.24, 2.45) is 0 Å². The summed E-state index contributed by atoms with van der Waals surface area (Å²) in [5.41, 5.74) is 0.794. The topological polar surface area (TPSA) is 123 Å². The summed E-state index contributed by atoms with van der Waals surface area (Å²) in [6.07, 6.45) is 0.595. The number of amides is 1. The Morgan fingerprint density at radius 2 is 1.61 bits per heavy atom. The van der Waals surface area contributed by atoms with Gasteiger partial charge in [0.15, 0.2) is 0 Å². The van der Waals surface area contributed by atoms with E-state index in [4.69, 9.17) is 14.2 Å². The third kappa shape index (κ3) is 6.44. The normalized spacial score (nSPS) is 16.2. The van der Waals surface area contributed by atoms with E-state index < -0.39 is 27.4 Å². The van der Waals surface area contributed by atoms with E-state index in [1.807, 2.05) is 13.8 Å². The molecular weight excluding hydrogens is 530 g/mol. The van der Waals surface area contributed by atoms with Crippen molar-refractivity contribution in [3.63, 3.8) is 0 Å². The number of esters is 1. The van der Waals surface area contributed by atoms with Crippen LogP contribution in [0.5, 0.6) is 0 Å². The fourth-order valence-corrected chi connectivity index (χ4v) is 7.44. The van der Waals surface area contributed by atoms with Gasteiger partial charge in [-0.05, 0) is 63.9 Å². The number of sulfonamides is 1. The van der Waals surface area contributed by atoms with Crippen LogP contribution in [0.25, 0.3) is 0 Å². The van der Waals surface area contributed by atoms with Gasteiger partial charge < -0.3 is 24.8 Å². The molecule has 1 amide bonds. The van der Waals surface area contributed by atoms with Crippen LogP contribution in [-0.4, -0.2) is 77.8 Å². The molecule has 1 aliphatic rings. The summed E-state index contributed by atoms with van der Waals surface area (Å²) < 4.78 is 42.7. The van der Waals surface area contributed by atoms with E-state index >= 15 is 0 Å². The van der Waals surface area contributed by atoms with E-state index in [-0.39, 0.29) is 42.3 Å². The highest BCUT2D eigenvalue weighted by molar-refractivity contribution is 7.89. The van der Waals surface area contributed by atoms with Crippen molar-refractivity contribution in [1.29, 1.82) is 0 Å². The first-order chi connectivity index (χ1) is 17.8. The van der Waals surface area contributed by atoms with Crippen LogP contribution in [-0.2, 0) is 36.2 Å². The number of hydrogen-bond donors (Lipinski definition) is 2. The molecule has 38 heavy (non-hydrogen) atoms. The first kappa shape index (κ1) is 30.2. The van der Waals surface area contributed by atoms with Crippen LogP contribution in [0.3, 0.4) is 0 Å². The molecular formula is C26H37N3O7S2. The highest BCUT2D eigenvalue weighted by atomic mass is 32.2. The molecule has 2 heterocycles. The molecule has 0 aliphatic carbocycles. The number of anilines is 1. The van der Waals surface area contributed by atoms with Gasteiger partial charge in [0.05, 0.1) is 30.8 Å². The van der Waals surface area contributed by atoms with Gasteiger partial charge in [0.2, 0.25) is 10.0 Å². The second-order valence-electron chi connectivity index (χ2n) is 10.3. The summed E-state index contributed by atoms with van der Waals surface area (Å²) in [6.45, 7) is 9.03. The van der Waals surface area contributed by atoms with E-state index in [2.05, 4.69) is 24.5 Å². The van der Waals surface area contributed by atoms with Crippen molar-refractivity contribution in [2.75, 3.05) is 52.9 Å². The molecule has 12 heteroatoms. The van der Waals surface area contributed by atoms with Gasteiger partial charge in [-0.2, -0.15) is 4.31 Å². The van der Waals surface area contributed by atoms with Crippen LogP contribution in [0, 0.1) is 0 Å². The second-order valence-corrected chi connectivity index (χ2v) is 13.2. The molecule has 1 aromatic heterocycles. The maximum Gasteiger partial charge on any atom is 0.341 e. The van der Waals surface area contributed by atoms with Crippen molar-refractivity contribution in [3.05, 3.63) is 45.8 Å². The average molecular weight is 568 g/mol. The van der Waals surface area contributed by atoms with Crippen LogP contribution >= 0.6 is 11.3 Å². The Balaban J connectivity index is 1.89. The summed E-state index contributed by atoms with van der Waals surface area (Å²) in [7, 11) is 0.503. The smallest absolute Gasteiger partial charge is 0.341 e. The minimum atomic E-state index is -3.82.